The molecule has 0 amide bonds. The molecule has 2 aromatic heterocycles. The van der Waals surface area contributed by atoms with Gasteiger partial charge >= 0.3 is 12.1 Å². The smallest absolute Gasteiger partial charge is 0.480 e. The number of nitrogens with zero attached hydrogens (tertiary/aromatic N) is 3. The number of aromatic nitrogens is 2. The molecular weight excluding hydrogens is 413 g/mol. The number of ether oxygens (including phenoxy) is 1. The topological polar surface area (TPSA) is 122 Å². The number of carboxylic acid groups (broad SMARTS) is 1. The van der Waals surface area contributed by atoms with Crippen LogP contribution >= 0.6 is 11.3 Å². The lowest BCUT2D eigenvalue weighted by atomic mass is 10.4. The van der Waals surface area contributed by atoms with Crippen LogP contribution in [0.15, 0.2) is 16.6 Å². The first-order valence-corrected chi connectivity index (χ1v) is 9.68. The SMILES string of the molecule is COc1ncnc2c(S(=O)(=O)N3CCNCC3)csc12.O=C(O)C(F)(F)F. The summed E-state index contributed by atoms with van der Waals surface area (Å²) >= 11 is 1.28. The number of hydrogen-bond acceptors (Lipinski definition) is 8. The van der Waals surface area contributed by atoms with Gasteiger partial charge in [-0.3, -0.25) is 0 Å². The Kier molecular flexibility index (Phi) is 6.56. The molecule has 2 N–H and O–H groups in total. The number of halogens is 3. The van der Waals surface area contributed by atoms with Crippen LogP contribution in [0.2, 0.25) is 0 Å². The predicted octanol–water partition coefficient (Wildman–Crippen LogP) is 0.927. The molecule has 3 heterocycles. The maximum atomic E-state index is 12.7. The Morgan fingerprint density at radius 2 is 1.93 bits per heavy atom. The highest BCUT2D eigenvalue weighted by atomic mass is 32.2. The first-order chi connectivity index (χ1) is 12.6. The average Bonchev–Trinajstić information content (AvgIpc) is 3.07. The third-order valence-electron chi connectivity index (χ3n) is 3.42. The van der Waals surface area contributed by atoms with E-state index in [0.29, 0.717) is 42.3 Å². The first kappa shape index (κ1) is 21.3. The summed E-state index contributed by atoms with van der Waals surface area (Å²) in [5.74, 6) is -2.35. The number of hydrogen-bond donors (Lipinski definition) is 2. The van der Waals surface area contributed by atoms with E-state index in [-0.39, 0.29) is 4.90 Å². The molecule has 0 saturated carbocycles. The highest BCUT2D eigenvalue weighted by Gasteiger charge is 2.38. The number of aliphatic carboxylic acids is 1. The van der Waals surface area contributed by atoms with Gasteiger partial charge in [-0.05, 0) is 0 Å². The van der Waals surface area contributed by atoms with Gasteiger partial charge in [-0.25, -0.2) is 23.2 Å². The minimum Gasteiger partial charge on any atom is -0.480 e. The van der Waals surface area contributed by atoms with Crippen LogP contribution < -0.4 is 10.1 Å². The van der Waals surface area contributed by atoms with Crippen molar-refractivity contribution in [1.29, 1.82) is 0 Å². The molecule has 9 nitrogen and oxygen atoms in total. The number of carboxylic acids is 1. The van der Waals surface area contributed by atoms with Crippen molar-refractivity contribution in [1.82, 2.24) is 19.6 Å². The molecule has 1 fully saturated rings. The molecule has 1 aliphatic rings. The van der Waals surface area contributed by atoms with Gasteiger partial charge in [-0.15, -0.1) is 11.3 Å². The number of sulfonamides is 1. The molecule has 14 heteroatoms. The third-order valence-corrected chi connectivity index (χ3v) is 6.44. The maximum Gasteiger partial charge on any atom is 0.490 e. The molecule has 1 aliphatic heterocycles. The Hall–Kier alpha value is -2.03. The quantitative estimate of drug-likeness (QED) is 0.741. The minimum absolute atomic E-state index is 0.236. The van der Waals surface area contributed by atoms with Crippen LogP contribution in [0.1, 0.15) is 0 Å². The molecule has 0 spiro atoms. The average molecular weight is 428 g/mol. The van der Waals surface area contributed by atoms with Gasteiger partial charge in [0.15, 0.2) is 0 Å². The van der Waals surface area contributed by atoms with Crippen molar-refractivity contribution in [2.24, 2.45) is 0 Å². The van der Waals surface area contributed by atoms with Crippen LogP contribution in [-0.4, -0.2) is 73.2 Å². The van der Waals surface area contributed by atoms with Gasteiger partial charge in [-0.2, -0.15) is 17.5 Å². The van der Waals surface area contributed by atoms with Crippen molar-refractivity contribution in [3.05, 3.63) is 11.7 Å². The Labute approximate surface area is 155 Å². The van der Waals surface area contributed by atoms with Crippen molar-refractivity contribution >= 4 is 37.5 Å². The number of methoxy groups -OCH3 is 1. The first-order valence-electron chi connectivity index (χ1n) is 7.36. The summed E-state index contributed by atoms with van der Waals surface area (Å²) in [6, 6.07) is 0. The fourth-order valence-corrected chi connectivity index (χ4v) is 5.04. The van der Waals surface area contributed by atoms with Crippen molar-refractivity contribution in [2.75, 3.05) is 33.3 Å². The van der Waals surface area contributed by atoms with Gasteiger partial charge in [-0.1, -0.05) is 0 Å². The van der Waals surface area contributed by atoms with E-state index in [1.807, 2.05) is 0 Å². The van der Waals surface area contributed by atoms with Crippen LogP contribution in [0.4, 0.5) is 13.2 Å². The Bertz CT molecular complexity index is 910. The number of thiophene rings is 1. The normalized spacial score (nSPS) is 15.9. The molecule has 0 aromatic carbocycles. The highest BCUT2D eigenvalue weighted by molar-refractivity contribution is 7.89. The summed E-state index contributed by atoms with van der Waals surface area (Å²) in [6.45, 7) is 2.28. The molecule has 0 aliphatic carbocycles. The van der Waals surface area contributed by atoms with E-state index in [2.05, 4.69) is 15.3 Å². The number of piperazine rings is 1. The number of rotatable bonds is 3. The molecule has 0 radical (unpaired) electrons. The second-order valence-electron chi connectivity index (χ2n) is 5.12. The van der Waals surface area contributed by atoms with Crippen LogP contribution in [0, 0.1) is 0 Å². The van der Waals surface area contributed by atoms with Crippen LogP contribution in [0.5, 0.6) is 5.88 Å². The Balaban J connectivity index is 0.000000321. The summed E-state index contributed by atoms with van der Waals surface area (Å²) in [5.41, 5.74) is 0.431. The van der Waals surface area contributed by atoms with Crippen molar-refractivity contribution in [3.63, 3.8) is 0 Å². The second kappa shape index (κ2) is 8.33. The lowest BCUT2D eigenvalue weighted by Gasteiger charge is -2.26. The molecule has 0 unspecified atom stereocenters. The fourth-order valence-electron chi connectivity index (χ4n) is 2.16. The highest BCUT2D eigenvalue weighted by Crippen LogP contribution is 2.34. The number of alkyl halides is 3. The summed E-state index contributed by atoms with van der Waals surface area (Å²) in [5, 5.41) is 11.9. The zero-order valence-electron chi connectivity index (χ0n) is 13.9. The zero-order chi connectivity index (χ0) is 20.2. The Morgan fingerprint density at radius 3 is 2.44 bits per heavy atom. The van der Waals surface area contributed by atoms with Gasteiger partial charge in [0.25, 0.3) is 0 Å². The summed E-state index contributed by atoms with van der Waals surface area (Å²) < 4.78 is 64.3. The van der Waals surface area contributed by atoms with Crippen LogP contribution in [0.25, 0.3) is 10.2 Å². The van der Waals surface area contributed by atoms with Crippen molar-refractivity contribution in [2.45, 2.75) is 11.1 Å². The molecule has 2 aromatic rings. The van der Waals surface area contributed by atoms with Crippen LogP contribution in [0.3, 0.4) is 0 Å². The molecule has 3 rings (SSSR count). The van der Waals surface area contributed by atoms with Crippen LogP contribution in [-0.2, 0) is 14.8 Å². The fraction of sp³-hybridized carbons (Fsp3) is 0.462. The molecule has 0 atom stereocenters. The zero-order valence-corrected chi connectivity index (χ0v) is 15.5. The number of nitrogens with one attached hydrogen (secondary N) is 1. The molecule has 1 saturated heterocycles. The van der Waals surface area contributed by atoms with Gasteiger partial charge in [0, 0.05) is 31.6 Å². The summed E-state index contributed by atoms with van der Waals surface area (Å²) in [6.07, 6.45) is -3.76. The largest absolute Gasteiger partial charge is 0.490 e. The van der Waals surface area contributed by atoms with Gasteiger partial charge < -0.3 is 15.2 Å². The second-order valence-corrected chi connectivity index (χ2v) is 7.90. The van der Waals surface area contributed by atoms with Crippen molar-refractivity contribution < 1.29 is 36.2 Å². The predicted molar refractivity (Wildman–Crippen MR) is 89.3 cm³/mol. The maximum absolute atomic E-state index is 12.7. The van der Waals surface area contributed by atoms with Gasteiger partial charge in [0.1, 0.15) is 21.4 Å². The summed E-state index contributed by atoms with van der Waals surface area (Å²) in [4.78, 5) is 17.2. The third kappa shape index (κ3) is 4.82. The molecular formula is C13H15F3N4O5S2. The van der Waals surface area contributed by atoms with Gasteiger partial charge in [0.2, 0.25) is 15.9 Å². The minimum atomic E-state index is -5.08. The molecule has 27 heavy (non-hydrogen) atoms. The van der Waals surface area contributed by atoms with E-state index in [1.54, 1.807) is 5.38 Å². The monoisotopic (exact) mass is 428 g/mol. The summed E-state index contributed by atoms with van der Waals surface area (Å²) in [7, 11) is -2.01. The van der Waals surface area contributed by atoms with Crippen molar-refractivity contribution in [3.8, 4) is 5.88 Å². The van der Waals surface area contributed by atoms with Gasteiger partial charge in [0.05, 0.1) is 7.11 Å². The van der Waals surface area contributed by atoms with E-state index in [4.69, 9.17) is 14.6 Å². The number of fused-ring (bicyclic) bond motifs is 1. The lowest BCUT2D eigenvalue weighted by molar-refractivity contribution is -0.192. The van der Waals surface area contributed by atoms with E-state index < -0.39 is 22.2 Å². The number of carbonyl (C=O) groups is 1. The van der Waals surface area contributed by atoms with E-state index in [9.17, 15) is 21.6 Å². The van der Waals surface area contributed by atoms with E-state index in [1.165, 1.54) is 29.1 Å². The molecule has 150 valence electrons. The van der Waals surface area contributed by atoms with E-state index >= 15 is 0 Å². The standard InChI is InChI=1S/C11H14N4O3S2.C2HF3O2/c1-18-11-10-9(13-7-14-11)8(6-19-10)20(16,17)15-4-2-12-3-5-15;3-2(4,5)1(6)7/h6-7,12H,2-5H2,1H3;(H,6,7). The van der Waals surface area contributed by atoms with E-state index in [0.717, 1.165) is 0 Å². The lowest BCUT2D eigenvalue weighted by Crippen LogP contribution is -2.46. The Morgan fingerprint density at radius 1 is 1.33 bits per heavy atom. The molecule has 0 bridgehead atoms.